The predicted octanol–water partition coefficient (Wildman–Crippen LogP) is 2.34. The first-order valence-electron chi connectivity index (χ1n) is 6.10. The Morgan fingerprint density at radius 1 is 1.40 bits per heavy atom. The first kappa shape index (κ1) is 15.2. The van der Waals surface area contributed by atoms with E-state index in [1.165, 1.54) is 0 Å². The average Bonchev–Trinajstić information content (AvgIpc) is 3.02. The summed E-state index contributed by atoms with van der Waals surface area (Å²) in [5.41, 5.74) is 6.26. The molecule has 2 aromatic rings. The second kappa shape index (κ2) is 5.67. The van der Waals surface area contributed by atoms with Gasteiger partial charge in [-0.2, -0.15) is 4.98 Å². The van der Waals surface area contributed by atoms with Crippen LogP contribution in [0.5, 0.6) is 0 Å². The molecule has 1 aliphatic carbocycles. The molecule has 0 aromatic carbocycles. The molecule has 0 aliphatic heterocycles. The summed E-state index contributed by atoms with van der Waals surface area (Å²) < 4.78 is 5.66. The van der Waals surface area contributed by atoms with Gasteiger partial charge in [-0.3, -0.25) is 4.79 Å². The molecule has 6 nitrogen and oxygen atoms in total. The van der Waals surface area contributed by atoms with Crippen molar-refractivity contribution in [3.8, 4) is 11.5 Å². The summed E-state index contributed by atoms with van der Waals surface area (Å²) in [6, 6.07) is 1.65. The van der Waals surface area contributed by atoms with Gasteiger partial charge in [0.25, 0.3) is 11.4 Å². The van der Waals surface area contributed by atoms with Crippen LogP contribution in [-0.2, 0) is 5.54 Å². The van der Waals surface area contributed by atoms with Crippen LogP contribution >= 0.6 is 28.3 Å². The van der Waals surface area contributed by atoms with Gasteiger partial charge in [0.15, 0.2) is 5.82 Å². The van der Waals surface area contributed by atoms with Crippen molar-refractivity contribution in [2.45, 2.75) is 31.2 Å². The Balaban J connectivity index is 0.00000147. The molecule has 108 valence electrons. The summed E-state index contributed by atoms with van der Waals surface area (Å²) in [4.78, 5) is 18.2. The number of aromatic amines is 1. The van der Waals surface area contributed by atoms with Crippen molar-refractivity contribution in [3.05, 3.63) is 32.9 Å². The lowest BCUT2D eigenvalue weighted by Gasteiger charge is -2.17. The molecule has 1 saturated carbocycles. The quantitative estimate of drug-likeness (QED) is 0.855. The van der Waals surface area contributed by atoms with E-state index in [4.69, 9.17) is 10.3 Å². The summed E-state index contributed by atoms with van der Waals surface area (Å²) in [6.07, 6.45) is 5.47. The van der Waals surface area contributed by atoms with Crippen molar-refractivity contribution in [1.29, 1.82) is 0 Å². The number of nitrogens with two attached hydrogens (primary N) is 1. The summed E-state index contributed by atoms with van der Waals surface area (Å²) >= 11 is 3.17. The maximum atomic E-state index is 11.3. The van der Waals surface area contributed by atoms with Gasteiger partial charge in [0.05, 0.1) is 15.6 Å². The minimum atomic E-state index is -0.471. The van der Waals surface area contributed by atoms with Crippen molar-refractivity contribution in [2.24, 2.45) is 5.73 Å². The first-order valence-corrected chi connectivity index (χ1v) is 6.89. The van der Waals surface area contributed by atoms with Crippen molar-refractivity contribution in [2.75, 3.05) is 0 Å². The van der Waals surface area contributed by atoms with Crippen LogP contribution in [0.15, 0.2) is 26.1 Å². The Morgan fingerprint density at radius 3 is 2.75 bits per heavy atom. The minimum absolute atomic E-state index is 0. The third kappa shape index (κ3) is 2.65. The lowest BCUT2D eigenvalue weighted by Crippen LogP contribution is -2.34. The maximum Gasteiger partial charge on any atom is 0.262 e. The second-order valence-corrected chi connectivity index (χ2v) is 5.71. The lowest BCUT2D eigenvalue weighted by atomic mass is 9.99. The topological polar surface area (TPSA) is 97.8 Å². The van der Waals surface area contributed by atoms with Gasteiger partial charge in [0.1, 0.15) is 0 Å². The first-order chi connectivity index (χ1) is 9.08. The number of hydrogen-bond donors (Lipinski definition) is 2. The van der Waals surface area contributed by atoms with Gasteiger partial charge in [-0.05, 0) is 34.8 Å². The fourth-order valence-electron chi connectivity index (χ4n) is 2.35. The molecule has 0 unspecified atom stereocenters. The summed E-state index contributed by atoms with van der Waals surface area (Å²) in [6.45, 7) is 0. The Labute approximate surface area is 129 Å². The maximum absolute atomic E-state index is 11.3. The van der Waals surface area contributed by atoms with E-state index in [-0.39, 0.29) is 18.0 Å². The van der Waals surface area contributed by atoms with Gasteiger partial charge in [0, 0.05) is 6.20 Å². The Morgan fingerprint density at radius 2 is 2.10 bits per heavy atom. The molecule has 2 aromatic heterocycles. The normalized spacial score (nSPS) is 16.9. The zero-order valence-corrected chi connectivity index (χ0v) is 13.0. The predicted molar refractivity (Wildman–Crippen MR) is 79.6 cm³/mol. The molecule has 3 N–H and O–H groups in total. The van der Waals surface area contributed by atoms with E-state index in [1.54, 1.807) is 12.3 Å². The molecule has 20 heavy (non-hydrogen) atoms. The molecule has 3 rings (SSSR count). The number of nitrogens with zero attached hydrogens (tertiary/aromatic N) is 2. The van der Waals surface area contributed by atoms with Crippen molar-refractivity contribution < 1.29 is 4.52 Å². The number of aromatic nitrogens is 3. The highest BCUT2D eigenvalue weighted by Gasteiger charge is 2.36. The molecule has 0 spiro atoms. The van der Waals surface area contributed by atoms with E-state index in [2.05, 4.69) is 31.1 Å². The monoisotopic (exact) mass is 360 g/mol. The van der Waals surface area contributed by atoms with Crippen LogP contribution in [-0.4, -0.2) is 15.1 Å². The van der Waals surface area contributed by atoms with Crippen molar-refractivity contribution in [3.63, 3.8) is 0 Å². The molecule has 0 bridgehead atoms. The minimum Gasteiger partial charge on any atom is -0.334 e. The van der Waals surface area contributed by atoms with Gasteiger partial charge in [0.2, 0.25) is 0 Å². The molecular weight excluding hydrogens is 348 g/mol. The Hall–Kier alpha value is -1.18. The van der Waals surface area contributed by atoms with E-state index < -0.39 is 5.54 Å². The Kier molecular flexibility index (Phi) is 4.31. The van der Waals surface area contributed by atoms with Crippen LogP contribution in [0.4, 0.5) is 0 Å². The number of H-pyrrole nitrogens is 1. The van der Waals surface area contributed by atoms with Gasteiger partial charge >= 0.3 is 0 Å². The van der Waals surface area contributed by atoms with E-state index >= 15 is 0 Å². The van der Waals surface area contributed by atoms with Crippen molar-refractivity contribution in [1.82, 2.24) is 15.1 Å². The third-order valence-electron chi connectivity index (χ3n) is 3.47. The van der Waals surface area contributed by atoms with Gasteiger partial charge in [-0.15, -0.1) is 12.4 Å². The third-order valence-corrected chi connectivity index (χ3v) is 4.06. The summed E-state index contributed by atoms with van der Waals surface area (Å²) in [5.74, 6) is 0.908. The average molecular weight is 362 g/mol. The smallest absolute Gasteiger partial charge is 0.262 e. The van der Waals surface area contributed by atoms with Crippen LogP contribution in [0.1, 0.15) is 31.5 Å². The molecular formula is C12H14BrClN4O2. The fraction of sp³-hybridized carbons (Fsp3) is 0.417. The zero-order chi connectivity index (χ0) is 13.5. The highest BCUT2D eigenvalue weighted by Crippen LogP contribution is 2.35. The number of hydrogen-bond acceptors (Lipinski definition) is 5. The second-order valence-electron chi connectivity index (χ2n) is 4.85. The van der Waals surface area contributed by atoms with Gasteiger partial charge in [-0.25, -0.2) is 0 Å². The molecule has 0 atom stereocenters. The van der Waals surface area contributed by atoms with Gasteiger partial charge in [-0.1, -0.05) is 18.0 Å². The van der Waals surface area contributed by atoms with E-state index in [9.17, 15) is 4.79 Å². The molecule has 1 fully saturated rings. The van der Waals surface area contributed by atoms with Crippen molar-refractivity contribution >= 4 is 28.3 Å². The van der Waals surface area contributed by atoms with E-state index in [0.717, 1.165) is 25.7 Å². The summed E-state index contributed by atoms with van der Waals surface area (Å²) in [5, 5.41) is 3.98. The van der Waals surface area contributed by atoms with E-state index in [1.807, 2.05) is 0 Å². The number of halogens is 2. The molecule has 0 saturated heterocycles. The largest absolute Gasteiger partial charge is 0.334 e. The van der Waals surface area contributed by atoms with Crippen LogP contribution in [0, 0.1) is 0 Å². The number of pyridine rings is 1. The van der Waals surface area contributed by atoms with Gasteiger partial charge < -0.3 is 15.2 Å². The van der Waals surface area contributed by atoms with Crippen LogP contribution in [0.25, 0.3) is 11.5 Å². The molecule has 2 heterocycles. The number of rotatable bonds is 2. The molecule has 0 radical (unpaired) electrons. The molecule has 1 aliphatic rings. The molecule has 0 amide bonds. The van der Waals surface area contributed by atoms with E-state index in [0.29, 0.717) is 21.8 Å². The fourth-order valence-corrected chi connectivity index (χ4v) is 2.71. The highest BCUT2D eigenvalue weighted by molar-refractivity contribution is 9.10. The van der Waals surface area contributed by atoms with Crippen LogP contribution in [0.3, 0.4) is 0 Å². The zero-order valence-electron chi connectivity index (χ0n) is 10.6. The SMILES string of the molecule is Cl.NC1(c2noc(-c3c[nH]c(=O)c(Br)c3)n2)CCCC1. The van der Waals surface area contributed by atoms with Crippen LogP contribution in [0.2, 0.25) is 0 Å². The lowest BCUT2D eigenvalue weighted by molar-refractivity contribution is 0.372. The Bertz CT molecular complexity index is 663. The number of nitrogens with one attached hydrogen (secondary N) is 1. The summed E-state index contributed by atoms with van der Waals surface area (Å²) in [7, 11) is 0. The molecule has 8 heteroatoms. The highest BCUT2D eigenvalue weighted by atomic mass is 79.9. The van der Waals surface area contributed by atoms with Crippen LogP contribution < -0.4 is 11.3 Å². The standard InChI is InChI=1S/C12H13BrN4O2.ClH/c13-8-5-7(6-15-9(8)18)10-16-11(17-19-10)12(14)3-1-2-4-12;/h5-6H,1-4,14H2,(H,15,18);1H.